The summed E-state index contributed by atoms with van der Waals surface area (Å²) < 4.78 is 7.59. The van der Waals surface area contributed by atoms with E-state index in [4.69, 9.17) is 9.84 Å². The first-order valence-electron chi connectivity index (χ1n) is 12.4. The Labute approximate surface area is 217 Å². The Morgan fingerprint density at radius 3 is 2.51 bits per heavy atom. The van der Waals surface area contributed by atoms with Crippen molar-refractivity contribution in [2.45, 2.75) is 34.1 Å². The molecular weight excluding hydrogens is 464 g/mol. The number of hydrogen-bond donors (Lipinski definition) is 0. The molecule has 0 fully saturated rings. The predicted octanol–water partition coefficient (Wildman–Crippen LogP) is 5.58. The zero-order valence-corrected chi connectivity index (χ0v) is 21.6. The van der Waals surface area contributed by atoms with Gasteiger partial charge in [0.1, 0.15) is 23.1 Å². The third kappa shape index (κ3) is 5.39. The van der Waals surface area contributed by atoms with Gasteiger partial charge in [-0.25, -0.2) is 4.68 Å². The molecule has 0 spiro atoms. The number of amides is 2. The molecule has 1 aliphatic rings. The maximum Gasteiger partial charge on any atom is 0.271 e. The van der Waals surface area contributed by atoms with Gasteiger partial charge in [0.05, 0.1) is 12.3 Å². The average molecular weight is 495 g/mol. The minimum Gasteiger partial charge on any atom is -0.494 e. The van der Waals surface area contributed by atoms with Crippen molar-refractivity contribution < 1.29 is 14.3 Å². The fraction of sp³-hybridized carbons (Fsp3) is 0.267. The van der Waals surface area contributed by atoms with Crippen molar-refractivity contribution in [3.8, 4) is 28.8 Å². The van der Waals surface area contributed by atoms with Crippen LogP contribution in [-0.2, 0) is 9.59 Å². The zero-order valence-electron chi connectivity index (χ0n) is 21.6. The standard InChI is InChI=1S/C30H30N4O3/c1-5-14-37-25-13-9-10-22(15-25)28-23(19-34(32-28)24-11-7-6-8-12-24)16-26-21(4)27(17-31)30(36)33(29(26)35)18-20(2)3/h6-13,15-16,19-20H,5,14,18H2,1-4H3/b26-16+. The summed E-state index contributed by atoms with van der Waals surface area (Å²) in [5.74, 6) is -0.155. The summed E-state index contributed by atoms with van der Waals surface area (Å²) in [5, 5.41) is 14.6. The number of carbonyl (C=O) groups is 2. The number of para-hydroxylation sites is 1. The van der Waals surface area contributed by atoms with E-state index in [0.29, 0.717) is 29.0 Å². The summed E-state index contributed by atoms with van der Waals surface area (Å²) >= 11 is 0. The molecule has 2 heterocycles. The van der Waals surface area contributed by atoms with Gasteiger partial charge in [0, 0.05) is 29.4 Å². The molecular formula is C30H30N4O3. The molecule has 0 saturated heterocycles. The molecule has 0 radical (unpaired) electrons. The largest absolute Gasteiger partial charge is 0.494 e. The van der Waals surface area contributed by atoms with Crippen LogP contribution in [0.5, 0.6) is 5.75 Å². The number of hydrogen-bond acceptors (Lipinski definition) is 5. The lowest BCUT2D eigenvalue weighted by Crippen LogP contribution is -2.44. The van der Waals surface area contributed by atoms with Crippen LogP contribution in [0.4, 0.5) is 0 Å². The first-order valence-corrected chi connectivity index (χ1v) is 12.4. The number of imide groups is 1. The highest BCUT2D eigenvalue weighted by molar-refractivity contribution is 6.19. The zero-order chi connectivity index (χ0) is 26.5. The van der Waals surface area contributed by atoms with Gasteiger partial charge in [0.15, 0.2) is 0 Å². The first kappa shape index (κ1) is 25.6. The Kier molecular flexibility index (Phi) is 7.69. The molecule has 0 atom stereocenters. The van der Waals surface area contributed by atoms with E-state index in [-0.39, 0.29) is 18.0 Å². The normalized spacial score (nSPS) is 15.0. The Morgan fingerprint density at radius 2 is 1.84 bits per heavy atom. The lowest BCUT2D eigenvalue weighted by molar-refractivity contribution is -0.141. The molecule has 2 aromatic carbocycles. The van der Waals surface area contributed by atoms with E-state index in [0.717, 1.165) is 23.4 Å². The van der Waals surface area contributed by atoms with Crippen LogP contribution in [0.3, 0.4) is 0 Å². The molecule has 3 aromatic rings. The van der Waals surface area contributed by atoms with Gasteiger partial charge in [-0.05, 0) is 55.2 Å². The van der Waals surface area contributed by atoms with Gasteiger partial charge >= 0.3 is 0 Å². The van der Waals surface area contributed by atoms with Crippen molar-refractivity contribution in [2.75, 3.05) is 13.2 Å². The molecule has 0 unspecified atom stereocenters. The number of nitrogens with zero attached hydrogens (tertiary/aromatic N) is 4. The predicted molar refractivity (Wildman–Crippen MR) is 143 cm³/mol. The van der Waals surface area contributed by atoms with Crippen LogP contribution in [0.25, 0.3) is 23.0 Å². The highest BCUT2D eigenvalue weighted by Crippen LogP contribution is 2.32. The van der Waals surface area contributed by atoms with Crippen LogP contribution in [0, 0.1) is 17.2 Å². The highest BCUT2D eigenvalue weighted by Gasteiger charge is 2.36. The van der Waals surface area contributed by atoms with E-state index in [1.54, 1.807) is 17.7 Å². The SMILES string of the molecule is CCCOc1cccc(-c2nn(-c3ccccc3)cc2/C=C2/C(=O)N(CC(C)C)C(=O)C(C#N)=C2C)c1. The fourth-order valence-corrected chi connectivity index (χ4v) is 4.20. The Hall–Kier alpha value is -4.44. The summed E-state index contributed by atoms with van der Waals surface area (Å²) in [4.78, 5) is 27.5. The molecule has 2 amide bonds. The maximum atomic E-state index is 13.5. The van der Waals surface area contributed by atoms with Gasteiger partial charge in [-0.1, -0.05) is 51.1 Å². The molecule has 188 valence electrons. The van der Waals surface area contributed by atoms with Crippen molar-refractivity contribution in [3.05, 3.63) is 83.1 Å². The Balaban J connectivity index is 1.89. The number of benzene rings is 2. The molecule has 1 aromatic heterocycles. The Morgan fingerprint density at radius 1 is 1.08 bits per heavy atom. The minimum atomic E-state index is -0.545. The van der Waals surface area contributed by atoms with Gasteiger partial charge < -0.3 is 4.74 Å². The summed E-state index contributed by atoms with van der Waals surface area (Å²) in [6.45, 7) is 8.39. The van der Waals surface area contributed by atoms with E-state index >= 15 is 0 Å². The second kappa shape index (κ2) is 11.1. The summed E-state index contributed by atoms with van der Waals surface area (Å²) in [7, 11) is 0. The first-order chi connectivity index (χ1) is 17.8. The molecule has 0 aliphatic carbocycles. The molecule has 7 heteroatoms. The topological polar surface area (TPSA) is 88.2 Å². The lowest BCUT2D eigenvalue weighted by atomic mass is 9.92. The second-order valence-corrected chi connectivity index (χ2v) is 9.37. The quantitative estimate of drug-likeness (QED) is 0.301. The number of rotatable bonds is 8. The lowest BCUT2D eigenvalue weighted by Gasteiger charge is -2.28. The van der Waals surface area contributed by atoms with Crippen molar-refractivity contribution in [1.82, 2.24) is 14.7 Å². The molecule has 4 rings (SSSR count). The van der Waals surface area contributed by atoms with E-state index in [2.05, 4.69) is 6.92 Å². The number of carbonyl (C=O) groups excluding carboxylic acids is 2. The summed E-state index contributed by atoms with van der Waals surface area (Å²) in [6, 6.07) is 19.4. The van der Waals surface area contributed by atoms with E-state index < -0.39 is 11.8 Å². The van der Waals surface area contributed by atoms with E-state index in [9.17, 15) is 14.9 Å². The summed E-state index contributed by atoms with van der Waals surface area (Å²) in [6.07, 6.45) is 4.48. The highest BCUT2D eigenvalue weighted by atomic mass is 16.5. The van der Waals surface area contributed by atoms with Crippen molar-refractivity contribution in [2.24, 2.45) is 5.92 Å². The molecule has 0 saturated carbocycles. The van der Waals surface area contributed by atoms with Crippen LogP contribution in [-0.4, -0.2) is 39.6 Å². The van der Waals surface area contributed by atoms with Gasteiger partial charge in [0.25, 0.3) is 11.8 Å². The monoisotopic (exact) mass is 494 g/mol. The molecule has 0 N–H and O–H groups in total. The van der Waals surface area contributed by atoms with Crippen LogP contribution in [0.15, 0.2) is 77.5 Å². The van der Waals surface area contributed by atoms with Gasteiger partial charge in [-0.15, -0.1) is 0 Å². The minimum absolute atomic E-state index is 0.0153. The van der Waals surface area contributed by atoms with Crippen molar-refractivity contribution in [3.63, 3.8) is 0 Å². The molecule has 1 aliphatic heterocycles. The third-order valence-corrected chi connectivity index (χ3v) is 6.02. The number of nitriles is 1. The number of ether oxygens (including phenoxy) is 1. The van der Waals surface area contributed by atoms with Gasteiger partial charge in [-0.3, -0.25) is 14.5 Å². The Bertz CT molecular complexity index is 1420. The second-order valence-electron chi connectivity index (χ2n) is 9.37. The van der Waals surface area contributed by atoms with Crippen LogP contribution in [0.2, 0.25) is 0 Å². The smallest absolute Gasteiger partial charge is 0.271 e. The average Bonchev–Trinajstić information content (AvgIpc) is 3.33. The van der Waals surface area contributed by atoms with Crippen LogP contribution < -0.4 is 4.74 Å². The van der Waals surface area contributed by atoms with Crippen molar-refractivity contribution in [1.29, 1.82) is 5.26 Å². The van der Waals surface area contributed by atoms with Crippen molar-refractivity contribution >= 4 is 17.9 Å². The van der Waals surface area contributed by atoms with Gasteiger partial charge in [-0.2, -0.15) is 10.4 Å². The molecule has 37 heavy (non-hydrogen) atoms. The van der Waals surface area contributed by atoms with Crippen LogP contribution in [0.1, 0.15) is 39.7 Å². The maximum absolute atomic E-state index is 13.5. The molecule has 0 bridgehead atoms. The van der Waals surface area contributed by atoms with Crippen LogP contribution >= 0.6 is 0 Å². The summed E-state index contributed by atoms with van der Waals surface area (Å²) in [5.41, 5.74) is 3.71. The molecule has 7 nitrogen and oxygen atoms in total. The van der Waals surface area contributed by atoms with Gasteiger partial charge in [0.2, 0.25) is 0 Å². The van der Waals surface area contributed by atoms with E-state index in [1.165, 1.54) is 4.90 Å². The van der Waals surface area contributed by atoms with E-state index in [1.807, 2.05) is 80.7 Å². The fourth-order valence-electron chi connectivity index (χ4n) is 4.20. The number of aromatic nitrogens is 2. The third-order valence-electron chi connectivity index (χ3n) is 6.02.